The largest absolute Gasteiger partial charge is 0.393 e. The molecule has 6 heteroatoms. The monoisotopic (exact) mass is 266 g/mol. The number of hydrogen-bond acceptors (Lipinski definition) is 1. The Morgan fingerprint density at radius 3 is 2.24 bits per heavy atom. The lowest BCUT2D eigenvalue weighted by atomic mass is 9.84. The summed E-state index contributed by atoms with van der Waals surface area (Å²) in [6.45, 7) is 0. The van der Waals surface area contributed by atoms with Crippen molar-refractivity contribution in [1.29, 1.82) is 0 Å². The topological polar surface area (TPSA) is 24.1 Å². The first-order valence-corrected chi connectivity index (χ1v) is 6.51. The maximum atomic E-state index is 12.8. The van der Waals surface area contributed by atoms with Gasteiger partial charge in [-0.1, -0.05) is 12.8 Å². The highest BCUT2D eigenvalue weighted by Gasteiger charge is 2.45. The lowest BCUT2D eigenvalue weighted by molar-refractivity contribution is -0.187. The van der Waals surface area contributed by atoms with E-state index in [0.717, 1.165) is 19.3 Å². The van der Waals surface area contributed by atoms with Crippen molar-refractivity contribution in [3.05, 3.63) is 0 Å². The summed E-state index contributed by atoms with van der Waals surface area (Å²) in [5.41, 5.74) is 0. The number of hydrogen-bond donors (Lipinski definition) is 2. The third kappa shape index (κ3) is 3.72. The van der Waals surface area contributed by atoms with Crippen molar-refractivity contribution in [2.75, 3.05) is 0 Å². The second kappa shape index (κ2) is 5.00. The summed E-state index contributed by atoms with van der Waals surface area (Å²) in [5, 5.41) is 6.26. The first-order chi connectivity index (χ1) is 7.97. The fraction of sp³-hybridized carbons (Fsp3) is 0.909. The van der Waals surface area contributed by atoms with E-state index in [1.165, 1.54) is 0 Å². The van der Waals surface area contributed by atoms with Crippen LogP contribution in [0.2, 0.25) is 0 Å². The summed E-state index contributed by atoms with van der Waals surface area (Å²) in [6.07, 6.45) is 0.281. The summed E-state index contributed by atoms with van der Waals surface area (Å²) in [7, 11) is 0. The standard InChI is InChI=1S/C11H17F3N2S/c12-11(13,14)8-3-1-2-4-9(8)16-10(17)15-7-5-6-7/h7-9H,1-6H2,(H2,15,16,17)/t8-,9+/m1/s1. The second-order valence-corrected chi connectivity index (χ2v) is 5.34. The summed E-state index contributed by atoms with van der Waals surface area (Å²) < 4.78 is 38.4. The fourth-order valence-corrected chi connectivity index (χ4v) is 2.64. The van der Waals surface area contributed by atoms with Gasteiger partial charge in [0.05, 0.1) is 5.92 Å². The quantitative estimate of drug-likeness (QED) is 0.752. The van der Waals surface area contributed by atoms with Crippen molar-refractivity contribution in [3.63, 3.8) is 0 Å². The predicted octanol–water partition coefficient (Wildman–Crippen LogP) is 2.73. The predicted molar refractivity (Wildman–Crippen MR) is 63.7 cm³/mol. The first kappa shape index (κ1) is 12.9. The molecule has 2 nitrogen and oxygen atoms in total. The number of rotatable bonds is 2. The van der Waals surface area contributed by atoms with E-state index in [0.29, 0.717) is 24.0 Å². The van der Waals surface area contributed by atoms with Crippen molar-refractivity contribution >= 4 is 17.3 Å². The molecule has 2 rings (SSSR count). The average molecular weight is 266 g/mol. The van der Waals surface area contributed by atoms with Gasteiger partial charge in [-0.15, -0.1) is 0 Å². The van der Waals surface area contributed by atoms with E-state index in [-0.39, 0.29) is 6.42 Å². The SMILES string of the molecule is FC(F)(F)[C@@H]1CCCC[C@@H]1NC(=S)NC1CC1. The molecular formula is C11H17F3N2S. The Hall–Kier alpha value is -0.520. The van der Waals surface area contributed by atoms with Crippen LogP contribution in [0.15, 0.2) is 0 Å². The van der Waals surface area contributed by atoms with Crippen LogP contribution < -0.4 is 10.6 Å². The Bertz CT molecular complexity index is 289. The van der Waals surface area contributed by atoms with Crippen molar-refractivity contribution in [2.24, 2.45) is 5.92 Å². The third-order valence-corrected chi connectivity index (χ3v) is 3.65. The Morgan fingerprint density at radius 1 is 1.00 bits per heavy atom. The molecule has 0 aromatic carbocycles. The van der Waals surface area contributed by atoms with E-state index < -0.39 is 18.1 Å². The Kier molecular flexibility index (Phi) is 3.80. The minimum atomic E-state index is -4.12. The lowest BCUT2D eigenvalue weighted by Gasteiger charge is -2.34. The number of thiocarbonyl (C=S) groups is 1. The summed E-state index contributed by atoms with van der Waals surface area (Å²) in [4.78, 5) is 0. The van der Waals surface area contributed by atoms with Gasteiger partial charge in [-0.05, 0) is 37.9 Å². The molecule has 2 aliphatic rings. The van der Waals surface area contributed by atoms with Gasteiger partial charge in [0.2, 0.25) is 0 Å². The van der Waals surface area contributed by atoms with Crippen LogP contribution in [0.3, 0.4) is 0 Å². The van der Waals surface area contributed by atoms with Crippen LogP contribution in [-0.2, 0) is 0 Å². The van der Waals surface area contributed by atoms with Crippen LogP contribution in [-0.4, -0.2) is 23.4 Å². The zero-order valence-corrected chi connectivity index (χ0v) is 10.3. The molecule has 0 radical (unpaired) electrons. The van der Waals surface area contributed by atoms with Gasteiger partial charge in [0.15, 0.2) is 5.11 Å². The highest BCUT2D eigenvalue weighted by Crippen LogP contribution is 2.37. The van der Waals surface area contributed by atoms with Gasteiger partial charge in [0, 0.05) is 12.1 Å². The Balaban J connectivity index is 1.88. The minimum Gasteiger partial charge on any atom is -0.360 e. The highest BCUT2D eigenvalue weighted by atomic mass is 32.1. The van der Waals surface area contributed by atoms with Gasteiger partial charge in [-0.2, -0.15) is 13.2 Å². The maximum absolute atomic E-state index is 12.8. The smallest absolute Gasteiger partial charge is 0.360 e. The van der Waals surface area contributed by atoms with Crippen molar-refractivity contribution < 1.29 is 13.2 Å². The van der Waals surface area contributed by atoms with E-state index in [4.69, 9.17) is 12.2 Å². The van der Waals surface area contributed by atoms with Gasteiger partial charge < -0.3 is 10.6 Å². The molecule has 2 saturated carbocycles. The molecule has 0 aromatic rings. The maximum Gasteiger partial charge on any atom is 0.393 e. The summed E-state index contributed by atoms with van der Waals surface area (Å²) in [6, 6.07) is -0.176. The molecule has 0 amide bonds. The van der Waals surface area contributed by atoms with Crippen LogP contribution in [0.4, 0.5) is 13.2 Å². The van der Waals surface area contributed by atoms with Crippen molar-refractivity contribution in [1.82, 2.24) is 10.6 Å². The van der Waals surface area contributed by atoms with Crippen molar-refractivity contribution in [3.8, 4) is 0 Å². The number of halogens is 3. The Morgan fingerprint density at radius 2 is 1.65 bits per heavy atom. The van der Waals surface area contributed by atoms with Crippen LogP contribution in [0, 0.1) is 5.92 Å². The normalized spacial score (nSPS) is 29.8. The van der Waals surface area contributed by atoms with Gasteiger partial charge in [0.25, 0.3) is 0 Å². The molecular weight excluding hydrogens is 249 g/mol. The molecule has 2 aliphatic carbocycles. The molecule has 98 valence electrons. The van der Waals surface area contributed by atoms with E-state index in [1.54, 1.807) is 0 Å². The van der Waals surface area contributed by atoms with E-state index in [9.17, 15) is 13.2 Å². The fourth-order valence-electron chi connectivity index (χ4n) is 2.32. The molecule has 0 unspecified atom stereocenters. The van der Waals surface area contributed by atoms with Crippen LogP contribution in [0.25, 0.3) is 0 Å². The molecule has 0 aromatic heterocycles. The molecule has 0 aliphatic heterocycles. The highest BCUT2D eigenvalue weighted by molar-refractivity contribution is 7.80. The van der Waals surface area contributed by atoms with Crippen LogP contribution >= 0.6 is 12.2 Å². The number of alkyl halides is 3. The van der Waals surface area contributed by atoms with E-state index >= 15 is 0 Å². The van der Waals surface area contributed by atoms with Crippen LogP contribution in [0.1, 0.15) is 38.5 Å². The Labute approximate surface area is 104 Å². The summed E-state index contributed by atoms with van der Waals surface area (Å²) in [5.74, 6) is -1.25. The molecule has 0 heterocycles. The lowest BCUT2D eigenvalue weighted by Crippen LogP contribution is -2.50. The molecule has 17 heavy (non-hydrogen) atoms. The van der Waals surface area contributed by atoms with E-state index in [1.807, 2.05) is 0 Å². The number of nitrogens with one attached hydrogen (secondary N) is 2. The molecule has 0 saturated heterocycles. The molecule has 0 spiro atoms. The summed E-state index contributed by atoms with van der Waals surface area (Å²) >= 11 is 5.04. The molecule has 2 atom stereocenters. The second-order valence-electron chi connectivity index (χ2n) is 4.93. The average Bonchev–Trinajstić information content (AvgIpc) is 3.00. The van der Waals surface area contributed by atoms with Gasteiger partial charge >= 0.3 is 6.18 Å². The molecule has 0 bridgehead atoms. The van der Waals surface area contributed by atoms with E-state index in [2.05, 4.69) is 10.6 Å². The third-order valence-electron chi connectivity index (χ3n) is 3.42. The molecule has 2 N–H and O–H groups in total. The van der Waals surface area contributed by atoms with Gasteiger partial charge in [-0.3, -0.25) is 0 Å². The van der Waals surface area contributed by atoms with Gasteiger partial charge in [0.1, 0.15) is 0 Å². The van der Waals surface area contributed by atoms with Crippen molar-refractivity contribution in [2.45, 2.75) is 56.8 Å². The first-order valence-electron chi connectivity index (χ1n) is 6.10. The minimum absolute atomic E-state index is 0.215. The zero-order chi connectivity index (χ0) is 12.5. The van der Waals surface area contributed by atoms with Crippen LogP contribution in [0.5, 0.6) is 0 Å². The zero-order valence-electron chi connectivity index (χ0n) is 9.52. The van der Waals surface area contributed by atoms with Gasteiger partial charge in [-0.25, -0.2) is 0 Å². The molecule has 2 fully saturated rings.